The van der Waals surface area contributed by atoms with Gasteiger partial charge in [-0.05, 0) is 42.4 Å². The maximum Gasteiger partial charge on any atom is 0.222 e. The molecule has 2 aromatic carbocycles. The second kappa shape index (κ2) is 8.47. The van der Waals surface area contributed by atoms with Gasteiger partial charge in [0.05, 0.1) is 12.2 Å². The fourth-order valence-electron chi connectivity index (χ4n) is 3.49. The minimum Gasteiger partial charge on any atom is -0.393 e. The summed E-state index contributed by atoms with van der Waals surface area (Å²) in [6.45, 7) is 0.944. The van der Waals surface area contributed by atoms with Crippen molar-refractivity contribution in [1.29, 1.82) is 0 Å². The van der Waals surface area contributed by atoms with Crippen LogP contribution in [0.1, 0.15) is 31.2 Å². The van der Waals surface area contributed by atoms with Gasteiger partial charge in [0.15, 0.2) is 0 Å². The van der Waals surface area contributed by atoms with E-state index in [1.54, 1.807) is 0 Å². The molecule has 0 aromatic heterocycles. The van der Waals surface area contributed by atoms with Gasteiger partial charge in [-0.2, -0.15) is 0 Å². The number of aliphatic hydroxyl groups is 2. The molecule has 4 heteroatoms. The molecular formula is C22H27NO3. The second-order valence-electron chi connectivity index (χ2n) is 7.18. The first-order valence-electron chi connectivity index (χ1n) is 9.35. The van der Waals surface area contributed by atoms with Crippen LogP contribution in [0.5, 0.6) is 0 Å². The maximum absolute atomic E-state index is 12.5. The molecule has 2 N–H and O–H groups in total. The zero-order valence-electron chi connectivity index (χ0n) is 15.1. The minimum atomic E-state index is -1.03. The zero-order chi connectivity index (χ0) is 18.4. The molecule has 0 spiro atoms. The Hall–Kier alpha value is -2.17. The number of aliphatic hydroxyl groups excluding tert-OH is 1. The van der Waals surface area contributed by atoms with Gasteiger partial charge >= 0.3 is 0 Å². The van der Waals surface area contributed by atoms with Gasteiger partial charge in [-0.1, -0.05) is 54.6 Å². The smallest absolute Gasteiger partial charge is 0.222 e. The van der Waals surface area contributed by atoms with Crippen molar-refractivity contribution in [2.45, 2.75) is 37.7 Å². The molecule has 1 amide bonds. The fraction of sp³-hybridized carbons (Fsp3) is 0.409. The Bertz CT molecular complexity index is 714. The van der Waals surface area contributed by atoms with Crippen LogP contribution in [0, 0.1) is 0 Å². The minimum absolute atomic E-state index is 0.124. The molecular weight excluding hydrogens is 326 g/mol. The third-order valence-corrected chi connectivity index (χ3v) is 5.25. The number of likely N-dealkylation sites (tertiary alicyclic amines) is 1. The molecule has 1 saturated heterocycles. The summed E-state index contributed by atoms with van der Waals surface area (Å²) in [6.07, 6.45) is 2.92. The number of aryl methyl sites for hydroxylation is 1. The molecule has 1 fully saturated rings. The second-order valence-corrected chi connectivity index (χ2v) is 7.18. The van der Waals surface area contributed by atoms with E-state index in [1.165, 1.54) is 11.1 Å². The molecule has 4 nitrogen and oxygen atoms in total. The van der Waals surface area contributed by atoms with Crippen molar-refractivity contribution in [2.75, 3.05) is 19.7 Å². The van der Waals surface area contributed by atoms with Gasteiger partial charge in [0.1, 0.15) is 0 Å². The van der Waals surface area contributed by atoms with Crippen LogP contribution in [0.15, 0.2) is 54.6 Å². The van der Waals surface area contributed by atoms with Gasteiger partial charge in [0.2, 0.25) is 5.91 Å². The summed E-state index contributed by atoms with van der Waals surface area (Å²) in [4.78, 5) is 14.3. The van der Waals surface area contributed by atoms with Crippen molar-refractivity contribution in [3.05, 3.63) is 60.2 Å². The highest BCUT2D eigenvalue weighted by atomic mass is 16.3. The normalized spacial score (nSPS) is 20.6. The predicted molar refractivity (Wildman–Crippen MR) is 103 cm³/mol. The van der Waals surface area contributed by atoms with Crippen LogP contribution in [0.2, 0.25) is 0 Å². The van der Waals surface area contributed by atoms with E-state index in [0.29, 0.717) is 38.8 Å². The molecule has 2 aromatic rings. The predicted octanol–water partition coefficient (Wildman–Crippen LogP) is 3.02. The molecule has 1 heterocycles. The third kappa shape index (κ3) is 4.71. The van der Waals surface area contributed by atoms with Gasteiger partial charge in [-0.3, -0.25) is 4.79 Å². The van der Waals surface area contributed by atoms with E-state index >= 15 is 0 Å². The number of carbonyl (C=O) groups is 1. The lowest BCUT2D eigenvalue weighted by Gasteiger charge is -2.24. The molecule has 138 valence electrons. The Labute approximate surface area is 155 Å². The average molecular weight is 353 g/mol. The van der Waals surface area contributed by atoms with Crippen LogP contribution in [0.3, 0.4) is 0 Å². The summed E-state index contributed by atoms with van der Waals surface area (Å²) in [6, 6.07) is 18.6. The van der Waals surface area contributed by atoms with E-state index in [1.807, 2.05) is 23.1 Å². The number of rotatable bonds is 5. The van der Waals surface area contributed by atoms with Crippen LogP contribution in [0.25, 0.3) is 11.1 Å². The van der Waals surface area contributed by atoms with Gasteiger partial charge in [-0.25, -0.2) is 0 Å². The van der Waals surface area contributed by atoms with E-state index in [-0.39, 0.29) is 12.5 Å². The molecule has 1 atom stereocenters. The number of nitrogens with zero attached hydrogens (tertiary/aromatic N) is 1. The highest BCUT2D eigenvalue weighted by molar-refractivity contribution is 5.76. The summed E-state index contributed by atoms with van der Waals surface area (Å²) in [7, 11) is 0. The standard InChI is InChI=1S/C22H27NO3/c24-17-22(26)13-4-15-23(16-14-22)21(25)12-9-18-7-10-20(11-8-18)19-5-2-1-3-6-19/h1-3,5-8,10-11,24,26H,4,9,12-17H2. The van der Waals surface area contributed by atoms with E-state index < -0.39 is 5.60 Å². The van der Waals surface area contributed by atoms with E-state index in [9.17, 15) is 15.0 Å². The topological polar surface area (TPSA) is 60.8 Å². The largest absolute Gasteiger partial charge is 0.393 e. The van der Waals surface area contributed by atoms with E-state index in [2.05, 4.69) is 36.4 Å². The van der Waals surface area contributed by atoms with Crippen molar-refractivity contribution in [3.8, 4) is 11.1 Å². The Balaban J connectivity index is 1.53. The van der Waals surface area contributed by atoms with Gasteiger partial charge < -0.3 is 15.1 Å². The van der Waals surface area contributed by atoms with Gasteiger partial charge in [0.25, 0.3) is 0 Å². The first-order valence-corrected chi connectivity index (χ1v) is 9.35. The summed E-state index contributed by atoms with van der Waals surface area (Å²) in [5, 5.41) is 19.5. The molecule has 0 saturated carbocycles. The number of carbonyl (C=O) groups excluding carboxylic acids is 1. The monoisotopic (exact) mass is 353 g/mol. The third-order valence-electron chi connectivity index (χ3n) is 5.25. The van der Waals surface area contributed by atoms with E-state index in [4.69, 9.17) is 0 Å². The Morgan fingerprint density at radius 1 is 0.962 bits per heavy atom. The molecule has 0 radical (unpaired) electrons. The summed E-state index contributed by atoms with van der Waals surface area (Å²) in [5.41, 5.74) is 2.50. The molecule has 3 rings (SSSR count). The Morgan fingerprint density at radius 2 is 1.65 bits per heavy atom. The lowest BCUT2D eigenvalue weighted by molar-refractivity contribution is -0.131. The van der Waals surface area contributed by atoms with Crippen molar-refractivity contribution in [3.63, 3.8) is 0 Å². The fourth-order valence-corrected chi connectivity index (χ4v) is 3.49. The number of amides is 1. The van der Waals surface area contributed by atoms with Crippen LogP contribution < -0.4 is 0 Å². The Kier molecular flexibility index (Phi) is 6.07. The van der Waals surface area contributed by atoms with Crippen LogP contribution in [0.4, 0.5) is 0 Å². The first-order chi connectivity index (χ1) is 12.6. The molecule has 0 bridgehead atoms. The van der Waals surface area contributed by atoms with Crippen LogP contribution in [-0.4, -0.2) is 46.3 Å². The average Bonchev–Trinajstić information content (AvgIpc) is 2.90. The van der Waals surface area contributed by atoms with Gasteiger partial charge in [-0.15, -0.1) is 0 Å². The number of hydrogen-bond acceptors (Lipinski definition) is 3. The first kappa shape index (κ1) is 18.6. The quantitative estimate of drug-likeness (QED) is 0.869. The van der Waals surface area contributed by atoms with Crippen molar-refractivity contribution in [2.24, 2.45) is 0 Å². The molecule has 26 heavy (non-hydrogen) atoms. The van der Waals surface area contributed by atoms with Crippen LogP contribution >= 0.6 is 0 Å². The molecule has 1 unspecified atom stereocenters. The summed E-state index contributed by atoms with van der Waals surface area (Å²) in [5.74, 6) is 0.124. The SMILES string of the molecule is O=C(CCc1ccc(-c2ccccc2)cc1)N1CCCC(O)(CO)CC1. The lowest BCUT2D eigenvalue weighted by Crippen LogP contribution is -2.36. The number of benzene rings is 2. The summed E-state index contributed by atoms with van der Waals surface area (Å²) < 4.78 is 0. The van der Waals surface area contributed by atoms with Crippen molar-refractivity contribution < 1.29 is 15.0 Å². The lowest BCUT2D eigenvalue weighted by atomic mass is 9.96. The molecule has 1 aliphatic rings. The molecule has 1 aliphatic heterocycles. The molecule has 0 aliphatic carbocycles. The zero-order valence-corrected chi connectivity index (χ0v) is 15.1. The highest BCUT2D eigenvalue weighted by Gasteiger charge is 2.30. The Morgan fingerprint density at radius 3 is 2.35 bits per heavy atom. The maximum atomic E-state index is 12.5. The van der Waals surface area contributed by atoms with Crippen LogP contribution in [-0.2, 0) is 11.2 Å². The van der Waals surface area contributed by atoms with Crippen molar-refractivity contribution >= 4 is 5.91 Å². The highest BCUT2D eigenvalue weighted by Crippen LogP contribution is 2.23. The summed E-state index contributed by atoms with van der Waals surface area (Å²) >= 11 is 0. The van der Waals surface area contributed by atoms with E-state index in [0.717, 1.165) is 12.0 Å². The number of hydrogen-bond donors (Lipinski definition) is 2. The van der Waals surface area contributed by atoms with Crippen molar-refractivity contribution in [1.82, 2.24) is 4.90 Å². The van der Waals surface area contributed by atoms with Gasteiger partial charge in [0, 0.05) is 19.5 Å².